The van der Waals surface area contributed by atoms with Crippen LogP contribution in [0.1, 0.15) is 28.8 Å². The zero-order chi connectivity index (χ0) is 18.5. The second-order valence-corrected chi connectivity index (χ2v) is 7.13. The molecule has 2 aromatic rings. The van der Waals surface area contributed by atoms with E-state index in [0.29, 0.717) is 18.5 Å². The summed E-state index contributed by atoms with van der Waals surface area (Å²) < 4.78 is 0. The van der Waals surface area contributed by atoms with Gasteiger partial charge in [-0.25, -0.2) is 0 Å². The number of nitrogens with zero attached hydrogens (tertiary/aromatic N) is 2. The molecule has 1 fully saturated rings. The zero-order valence-corrected chi connectivity index (χ0v) is 15.5. The van der Waals surface area contributed by atoms with Gasteiger partial charge < -0.3 is 9.80 Å². The number of benzene rings is 2. The van der Waals surface area contributed by atoms with Crippen molar-refractivity contribution in [3.63, 3.8) is 0 Å². The van der Waals surface area contributed by atoms with Crippen LogP contribution in [0.5, 0.6) is 0 Å². The summed E-state index contributed by atoms with van der Waals surface area (Å²) in [7, 11) is 3.88. The van der Waals surface area contributed by atoms with Crippen molar-refractivity contribution in [1.82, 2.24) is 4.90 Å². The van der Waals surface area contributed by atoms with Crippen molar-refractivity contribution in [2.75, 3.05) is 32.1 Å². The molecule has 0 N–H and O–H groups in total. The molecular weight excluding hydrogens is 324 g/mol. The highest BCUT2D eigenvalue weighted by Gasteiger charge is 2.29. The second kappa shape index (κ2) is 8.17. The van der Waals surface area contributed by atoms with Crippen LogP contribution in [-0.2, 0) is 11.2 Å². The van der Waals surface area contributed by atoms with Gasteiger partial charge in [0.15, 0.2) is 0 Å². The molecule has 1 atom stereocenters. The molecule has 0 aromatic heterocycles. The van der Waals surface area contributed by atoms with Gasteiger partial charge in [0.25, 0.3) is 5.91 Å². The van der Waals surface area contributed by atoms with Crippen molar-refractivity contribution < 1.29 is 9.59 Å². The third-order valence-electron chi connectivity index (χ3n) is 5.00. The molecule has 0 aliphatic carbocycles. The van der Waals surface area contributed by atoms with Crippen LogP contribution in [-0.4, -0.2) is 43.8 Å². The van der Waals surface area contributed by atoms with Crippen molar-refractivity contribution in [3.8, 4) is 0 Å². The van der Waals surface area contributed by atoms with Gasteiger partial charge in [-0.1, -0.05) is 42.5 Å². The topological polar surface area (TPSA) is 40.6 Å². The number of rotatable bonds is 5. The highest BCUT2D eigenvalue weighted by molar-refractivity contribution is 6.00. The molecule has 1 amide bonds. The summed E-state index contributed by atoms with van der Waals surface area (Å²) in [5.74, 6) is 0.181. The van der Waals surface area contributed by atoms with Crippen molar-refractivity contribution in [1.29, 1.82) is 0 Å². The molecule has 0 bridgehead atoms. The van der Waals surface area contributed by atoms with E-state index in [4.69, 9.17) is 0 Å². The SMILES string of the molecule is CN(C)c1ccccc1C(=O)N1CCCC(C(=O)Cc2ccccc2)C1. The molecule has 2 aromatic carbocycles. The predicted octanol–water partition coefficient (Wildman–Crippen LogP) is 3.42. The van der Waals surface area contributed by atoms with E-state index in [1.807, 2.05) is 78.5 Å². The minimum Gasteiger partial charge on any atom is -0.377 e. The first kappa shape index (κ1) is 18.2. The van der Waals surface area contributed by atoms with Gasteiger partial charge in [0, 0.05) is 45.2 Å². The molecule has 1 saturated heterocycles. The summed E-state index contributed by atoms with van der Waals surface area (Å²) in [5, 5.41) is 0. The summed E-state index contributed by atoms with van der Waals surface area (Å²) in [6.45, 7) is 1.24. The van der Waals surface area contributed by atoms with Crippen LogP contribution in [0, 0.1) is 5.92 Å². The number of Topliss-reactive ketones (excluding diaryl/α,β-unsaturated/α-hetero) is 1. The average Bonchev–Trinajstić information content (AvgIpc) is 2.68. The van der Waals surface area contributed by atoms with Gasteiger partial charge in [-0.05, 0) is 30.5 Å². The summed E-state index contributed by atoms with van der Waals surface area (Å²) in [6.07, 6.45) is 2.19. The van der Waals surface area contributed by atoms with Crippen LogP contribution >= 0.6 is 0 Å². The number of likely N-dealkylation sites (tertiary alicyclic amines) is 1. The van der Waals surface area contributed by atoms with Gasteiger partial charge in [-0.15, -0.1) is 0 Å². The quantitative estimate of drug-likeness (QED) is 0.830. The van der Waals surface area contributed by atoms with Gasteiger partial charge in [-0.2, -0.15) is 0 Å². The minimum atomic E-state index is -0.0700. The Hall–Kier alpha value is -2.62. The lowest BCUT2D eigenvalue weighted by atomic mass is 9.90. The second-order valence-electron chi connectivity index (χ2n) is 7.13. The first-order valence-electron chi connectivity index (χ1n) is 9.18. The normalized spacial score (nSPS) is 17.0. The number of para-hydroxylation sites is 1. The van der Waals surface area contributed by atoms with Crippen molar-refractivity contribution in [3.05, 3.63) is 65.7 Å². The van der Waals surface area contributed by atoms with E-state index in [9.17, 15) is 9.59 Å². The van der Waals surface area contributed by atoms with Crippen LogP contribution in [0.4, 0.5) is 5.69 Å². The fraction of sp³-hybridized carbons (Fsp3) is 0.364. The summed E-state index contributed by atoms with van der Waals surface area (Å²) >= 11 is 0. The van der Waals surface area contributed by atoms with Crippen LogP contribution in [0.25, 0.3) is 0 Å². The Morgan fingerprint density at radius 1 is 1.04 bits per heavy atom. The van der Waals surface area contributed by atoms with E-state index in [2.05, 4.69) is 0 Å². The lowest BCUT2D eigenvalue weighted by Gasteiger charge is -2.33. The lowest BCUT2D eigenvalue weighted by molar-refractivity contribution is -0.123. The zero-order valence-electron chi connectivity index (χ0n) is 15.5. The van der Waals surface area contributed by atoms with E-state index in [1.165, 1.54) is 0 Å². The van der Waals surface area contributed by atoms with Crippen LogP contribution in [0.3, 0.4) is 0 Å². The average molecular weight is 350 g/mol. The summed E-state index contributed by atoms with van der Waals surface area (Å²) in [6, 6.07) is 17.5. The molecule has 1 unspecified atom stereocenters. The fourth-order valence-corrected chi connectivity index (χ4v) is 3.58. The molecule has 0 spiro atoms. The van der Waals surface area contributed by atoms with Crippen LogP contribution in [0.15, 0.2) is 54.6 Å². The smallest absolute Gasteiger partial charge is 0.255 e. The van der Waals surface area contributed by atoms with Crippen molar-refractivity contribution in [2.45, 2.75) is 19.3 Å². The Balaban J connectivity index is 1.70. The van der Waals surface area contributed by atoms with Gasteiger partial charge in [0.2, 0.25) is 0 Å². The highest BCUT2D eigenvalue weighted by Crippen LogP contribution is 2.24. The molecular formula is C22H26N2O2. The first-order chi connectivity index (χ1) is 12.6. The number of piperidine rings is 1. The van der Waals surface area contributed by atoms with E-state index in [0.717, 1.165) is 30.6 Å². The number of anilines is 1. The molecule has 4 nitrogen and oxygen atoms in total. The van der Waals surface area contributed by atoms with Gasteiger partial charge in [0.1, 0.15) is 5.78 Å². The number of carbonyl (C=O) groups is 2. The monoisotopic (exact) mass is 350 g/mol. The number of amides is 1. The molecule has 1 aliphatic rings. The molecule has 4 heteroatoms. The summed E-state index contributed by atoms with van der Waals surface area (Å²) in [5.41, 5.74) is 2.66. The maximum atomic E-state index is 13.0. The Morgan fingerprint density at radius 2 is 1.73 bits per heavy atom. The lowest BCUT2D eigenvalue weighted by Crippen LogP contribution is -2.43. The number of carbonyl (C=O) groups excluding carboxylic acids is 2. The third-order valence-corrected chi connectivity index (χ3v) is 5.00. The third kappa shape index (κ3) is 4.13. The molecule has 1 heterocycles. The Morgan fingerprint density at radius 3 is 2.46 bits per heavy atom. The van der Waals surface area contributed by atoms with E-state index in [-0.39, 0.29) is 17.6 Å². The predicted molar refractivity (Wildman–Crippen MR) is 105 cm³/mol. The molecule has 1 aliphatic heterocycles. The Kier molecular flexibility index (Phi) is 5.71. The maximum absolute atomic E-state index is 13.0. The van der Waals surface area contributed by atoms with E-state index < -0.39 is 0 Å². The largest absolute Gasteiger partial charge is 0.377 e. The van der Waals surface area contributed by atoms with Crippen LogP contribution < -0.4 is 4.90 Å². The number of hydrogen-bond acceptors (Lipinski definition) is 3. The summed E-state index contributed by atoms with van der Waals surface area (Å²) in [4.78, 5) is 29.5. The number of ketones is 1. The number of hydrogen-bond donors (Lipinski definition) is 0. The molecule has 3 rings (SSSR count). The minimum absolute atomic E-state index is 0.0199. The van der Waals surface area contributed by atoms with Gasteiger partial charge >= 0.3 is 0 Å². The molecule has 0 radical (unpaired) electrons. The Bertz CT molecular complexity index is 771. The highest BCUT2D eigenvalue weighted by atomic mass is 16.2. The Labute approximate surface area is 155 Å². The fourth-order valence-electron chi connectivity index (χ4n) is 3.58. The van der Waals surface area contributed by atoms with Crippen LogP contribution in [0.2, 0.25) is 0 Å². The van der Waals surface area contributed by atoms with Crippen molar-refractivity contribution in [2.24, 2.45) is 5.92 Å². The van der Waals surface area contributed by atoms with E-state index in [1.54, 1.807) is 0 Å². The van der Waals surface area contributed by atoms with E-state index >= 15 is 0 Å². The van der Waals surface area contributed by atoms with Gasteiger partial charge in [0.05, 0.1) is 5.56 Å². The standard InChI is InChI=1S/C22H26N2O2/c1-23(2)20-13-7-6-12-19(20)22(26)24-14-8-11-18(16-24)21(25)15-17-9-4-3-5-10-17/h3-7,9-10,12-13,18H,8,11,14-16H2,1-2H3. The first-order valence-corrected chi connectivity index (χ1v) is 9.18. The molecule has 26 heavy (non-hydrogen) atoms. The van der Waals surface area contributed by atoms with Gasteiger partial charge in [-0.3, -0.25) is 9.59 Å². The van der Waals surface area contributed by atoms with Crippen molar-refractivity contribution >= 4 is 17.4 Å². The maximum Gasteiger partial charge on any atom is 0.255 e. The molecule has 0 saturated carbocycles. The molecule has 136 valence electrons.